The van der Waals surface area contributed by atoms with Gasteiger partial charge in [0.25, 0.3) is 0 Å². The van der Waals surface area contributed by atoms with Gasteiger partial charge in [0.05, 0.1) is 12.1 Å². The molecule has 5 heteroatoms. The molecule has 0 N–H and O–H groups in total. The molecule has 3 aromatic heterocycles. The Morgan fingerprint density at radius 1 is 1.26 bits per heavy atom. The van der Waals surface area contributed by atoms with E-state index < -0.39 is 0 Å². The maximum atomic E-state index is 5.82. The first-order valence-electron chi connectivity index (χ1n) is 5.88. The van der Waals surface area contributed by atoms with Gasteiger partial charge >= 0.3 is 0 Å². The lowest BCUT2D eigenvalue weighted by Crippen LogP contribution is -2.01. The Morgan fingerprint density at radius 2 is 2.21 bits per heavy atom. The molecule has 0 spiro atoms. The molecule has 3 nitrogen and oxygen atoms in total. The molecule has 0 saturated heterocycles. The van der Waals surface area contributed by atoms with E-state index in [2.05, 4.69) is 43.4 Å². The van der Waals surface area contributed by atoms with Gasteiger partial charge in [-0.05, 0) is 33.4 Å². The number of hydrogen-bond donors (Lipinski definition) is 0. The van der Waals surface area contributed by atoms with Gasteiger partial charge < -0.3 is 4.74 Å². The summed E-state index contributed by atoms with van der Waals surface area (Å²) in [6, 6.07) is 7.97. The summed E-state index contributed by atoms with van der Waals surface area (Å²) in [5, 5.41) is 2.08. The van der Waals surface area contributed by atoms with E-state index in [0.717, 1.165) is 27.7 Å². The molecule has 3 aromatic rings. The summed E-state index contributed by atoms with van der Waals surface area (Å²) in [5.41, 5.74) is 1.64. The zero-order valence-electron chi connectivity index (χ0n) is 10.0. The zero-order valence-corrected chi connectivity index (χ0v) is 12.4. The van der Waals surface area contributed by atoms with Crippen LogP contribution in [0, 0.1) is 0 Å². The standard InChI is InChI=1S/C14H11BrN2OS/c15-10-8-12-14(17-9-10)13(3-5-16-12)18-6-4-11-2-1-7-19-11/h1-3,5,7-9H,4,6H2. The van der Waals surface area contributed by atoms with Gasteiger partial charge in [-0.15, -0.1) is 11.3 Å². The number of fused-ring (bicyclic) bond motifs is 1. The molecule has 3 rings (SSSR count). The third-order valence-electron chi connectivity index (χ3n) is 2.69. The van der Waals surface area contributed by atoms with Crippen molar-refractivity contribution in [1.82, 2.24) is 9.97 Å². The fraction of sp³-hybridized carbons (Fsp3) is 0.143. The van der Waals surface area contributed by atoms with Gasteiger partial charge in [0.15, 0.2) is 0 Å². The number of halogens is 1. The summed E-state index contributed by atoms with van der Waals surface area (Å²) in [7, 11) is 0. The number of ether oxygens (including phenoxy) is 1. The highest BCUT2D eigenvalue weighted by atomic mass is 79.9. The molecule has 0 aromatic carbocycles. The summed E-state index contributed by atoms with van der Waals surface area (Å²) in [6.45, 7) is 0.650. The van der Waals surface area contributed by atoms with E-state index in [1.54, 1.807) is 23.7 Å². The second kappa shape index (κ2) is 5.67. The molecule has 0 radical (unpaired) electrons. The van der Waals surface area contributed by atoms with Crippen LogP contribution in [-0.4, -0.2) is 16.6 Å². The van der Waals surface area contributed by atoms with E-state index in [9.17, 15) is 0 Å². The highest BCUT2D eigenvalue weighted by Crippen LogP contribution is 2.24. The Labute approximate surface area is 123 Å². The smallest absolute Gasteiger partial charge is 0.148 e. The Balaban J connectivity index is 1.77. The van der Waals surface area contributed by atoms with Crippen LogP contribution in [0.15, 0.2) is 46.5 Å². The minimum atomic E-state index is 0.650. The highest BCUT2D eigenvalue weighted by molar-refractivity contribution is 9.10. The Hall–Kier alpha value is -1.46. The molecular weight excluding hydrogens is 324 g/mol. The molecule has 0 aliphatic carbocycles. The number of rotatable bonds is 4. The third kappa shape index (κ3) is 2.93. The van der Waals surface area contributed by atoms with E-state index in [1.807, 2.05) is 12.1 Å². The summed E-state index contributed by atoms with van der Waals surface area (Å²) < 4.78 is 6.74. The van der Waals surface area contributed by atoms with Gasteiger partial charge in [-0.25, -0.2) is 4.98 Å². The topological polar surface area (TPSA) is 35.0 Å². The molecule has 96 valence electrons. The van der Waals surface area contributed by atoms with Crippen LogP contribution in [0.25, 0.3) is 11.0 Å². The SMILES string of the molecule is Brc1cnc2c(OCCc3cccs3)ccnc2c1. The van der Waals surface area contributed by atoms with Gasteiger partial charge in [0.2, 0.25) is 0 Å². The molecular formula is C14H11BrN2OS. The maximum absolute atomic E-state index is 5.82. The van der Waals surface area contributed by atoms with Crippen molar-refractivity contribution in [3.05, 3.63) is 51.4 Å². The van der Waals surface area contributed by atoms with Crippen molar-refractivity contribution in [2.75, 3.05) is 6.61 Å². The first-order chi connectivity index (χ1) is 9.33. The predicted molar refractivity (Wildman–Crippen MR) is 80.8 cm³/mol. The van der Waals surface area contributed by atoms with Crippen molar-refractivity contribution in [1.29, 1.82) is 0 Å². The minimum absolute atomic E-state index is 0.650. The summed E-state index contributed by atoms with van der Waals surface area (Å²) in [4.78, 5) is 9.98. The predicted octanol–water partition coefficient (Wildman–Crippen LogP) is 4.08. The second-order valence-corrected chi connectivity index (χ2v) is 5.96. The van der Waals surface area contributed by atoms with Crippen molar-refractivity contribution < 1.29 is 4.74 Å². The molecule has 0 unspecified atom stereocenters. The molecule has 0 aliphatic rings. The van der Waals surface area contributed by atoms with Crippen LogP contribution < -0.4 is 4.74 Å². The molecule has 0 bridgehead atoms. The lowest BCUT2D eigenvalue weighted by molar-refractivity contribution is 0.326. The van der Waals surface area contributed by atoms with E-state index in [-0.39, 0.29) is 0 Å². The Bertz CT molecular complexity index is 685. The van der Waals surface area contributed by atoms with Crippen molar-refractivity contribution in [3.8, 4) is 5.75 Å². The van der Waals surface area contributed by atoms with Crippen molar-refractivity contribution in [3.63, 3.8) is 0 Å². The number of nitrogens with zero attached hydrogens (tertiary/aromatic N) is 2. The van der Waals surface area contributed by atoms with E-state index in [0.29, 0.717) is 6.61 Å². The summed E-state index contributed by atoms with van der Waals surface area (Å²) in [5.74, 6) is 0.786. The van der Waals surface area contributed by atoms with Crippen LogP contribution >= 0.6 is 27.3 Å². The summed E-state index contributed by atoms with van der Waals surface area (Å²) in [6.07, 6.45) is 4.42. The number of aromatic nitrogens is 2. The quantitative estimate of drug-likeness (QED) is 0.721. The van der Waals surface area contributed by atoms with Crippen LogP contribution in [0.1, 0.15) is 4.88 Å². The zero-order chi connectivity index (χ0) is 13.1. The average Bonchev–Trinajstić information content (AvgIpc) is 2.92. The molecule has 3 heterocycles. The van der Waals surface area contributed by atoms with Crippen molar-refractivity contribution >= 4 is 38.3 Å². The maximum Gasteiger partial charge on any atom is 0.148 e. The van der Waals surface area contributed by atoms with Gasteiger partial charge in [-0.3, -0.25) is 4.98 Å². The van der Waals surface area contributed by atoms with Gasteiger partial charge in [-0.1, -0.05) is 6.07 Å². The largest absolute Gasteiger partial charge is 0.491 e. The van der Waals surface area contributed by atoms with Crippen LogP contribution in [0.5, 0.6) is 5.75 Å². The monoisotopic (exact) mass is 334 g/mol. The van der Waals surface area contributed by atoms with Gasteiger partial charge in [0, 0.05) is 34.2 Å². The minimum Gasteiger partial charge on any atom is -0.491 e. The Kier molecular flexibility index (Phi) is 3.75. The normalized spacial score (nSPS) is 10.8. The highest BCUT2D eigenvalue weighted by Gasteiger charge is 2.05. The lowest BCUT2D eigenvalue weighted by atomic mass is 10.3. The molecule has 19 heavy (non-hydrogen) atoms. The molecule has 0 fully saturated rings. The fourth-order valence-electron chi connectivity index (χ4n) is 1.81. The third-order valence-corrected chi connectivity index (χ3v) is 4.06. The van der Waals surface area contributed by atoms with E-state index in [4.69, 9.17) is 4.74 Å². The first-order valence-corrected chi connectivity index (χ1v) is 7.55. The van der Waals surface area contributed by atoms with E-state index >= 15 is 0 Å². The first kappa shape index (κ1) is 12.6. The fourth-order valence-corrected chi connectivity index (χ4v) is 2.82. The van der Waals surface area contributed by atoms with Crippen LogP contribution in [0.3, 0.4) is 0 Å². The summed E-state index contributed by atoms with van der Waals surface area (Å²) >= 11 is 5.14. The van der Waals surface area contributed by atoms with Crippen LogP contribution in [-0.2, 0) is 6.42 Å². The second-order valence-electron chi connectivity index (χ2n) is 4.01. The molecule has 0 atom stereocenters. The molecule has 0 amide bonds. The van der Waals surface area contributed by atoms with E-state index in [1.165, 1.54) is 4.88 Å². The van der Waals surface area contributed by atoms with Gasteiger partial charge in [-0.2, -0.15) is 0 Å². The lowest BCUT2D eigenvalue weighted by Gasteiger charge is -2.07. The van der Waals surface area contributed by atoms with Crippen molar-refractivity contribution in [2.24, 2.45) is 0 Å². The van der Waals surface area contributed by atoms with Crippen LogP contribution in [0.4, 0.5) is 0 Å². The van der Waals surface area contributed by atoms with Crippen molar-refractivity contribution in [2.45, 2.75) is 6.42 Å². The Morgan fingerprint density at radius 3 is 3.05 bits per heavy atom. The van der Waals surface area contributed by atoms with Gasteiger partial charge in [0.1, 0.15) is 11.3 Å². The number of pyridine rings is 2. The number of hydrogen-bond acceptors (Lipinski definition) is 4. The molecule has 0 saturated carbocycles. The number of thiophene rings is 1. The molecule has 0 aliphatic heterocycles. The van der Waals surface area contributed by atoms with Crippen LogP contribution in [0.2, 0.25) is 0 Å². The average molecular weight is 335 g/mol.